The lowest BCUT2D eigenvalue weighted by Gasteiger charge is -2.34. The molecule has 0 aromatic heterocycles. The van der Waals surface area contributed by atoms with Gasteiger partial charge in [0.1, 0.15) is 0 Å². The molecule has 3 rings (SSSR count). The van der Waals surface area contributed by atoms with Gasteiger partial charge >= 0.3 is 0 Å². The Morgan fingerprint density at radius 1 is 1.40 bits per heavy atom. The molecule has 2 aliphatic heterocycles. The molecule has 1 N–H and O–H groups in total. The quantitative estimate of drug-likeness (QED) is 0.805. The third kappa shape index (κ3) is 2.53. The average Bonchev–Trinajstić information content (AvgIpc) is 2.53. The van der Waals surface area contributed by atoms with Gasteiger partial charge in [-0.1, -0.05) is 24.3 Å². The fourth-order valence-electron chi connectivity index (χ4n) is 2.78. The van der Waals surface area contributed by atoms with E-state index in [0.29, 0.717) is 26.1 Å². The van der Waals surface area contributed by atoms with Crippen LogP contribution in [0.15, 0.2) is 24.3 Å². The van der Waals surface area contributed by atoms with Crippen LogP contribution in [-0.4, -0.2) is 42.6 Å². The van der Waals surface area contributed by atoms with Crippen LogP contribution in [0.2, 0.25) is 0 Å². The minimum atomic E-state index is -0.497. The van der Waals surface area contributed by atoms with Gasteiger partial charge in [-0.2, -0.15) is 5.26 Å². The zero-order valence-electron chi connectivity index (χ0n) is 11.2. The molecule has 104 valence electrons. The van der Waals surface area contributed by atoms with Crippen LogP contribution < -0.4 is 5.32 Å². The highest BCUT2D eigenvalue weighted by atomic mass is 16.5. The van der Waals surface area contributed by atoms with Crippen molar-refractivity contribution in [3.63, 3.8) is 0 Å². The molecule has 0 bridgehead atoms. The Morgan fingerprint density at radius 3 is 3.00 bits per heavy atom. The van der Waals surface area contributed by atoms with Crippen LogP contribution in [0.25, 0.3) is 0 Å². The summed E-state index contributed by atoms with van der Waals surface area (Å²) in [6.45, 7) is 2.10. The molecule has 1 amide bonds. The molecule has 5 heteroatoms. The molecule has 5 nitrogen and oxygen atoms in total. The molecular formula is C15H17N3O2. The van der Waals surface area contributed by atoms with Gasteiger partial charge in [-0.05, 0) is 17.5 Å². The molecule has 1 saturated heterocycles. The number of nitrogens with zero attached hydrogens (tertiary/aromatic N) is 2. The summed E-state index contributed by atoms with van der Waals surface area (Å²) in [6.07, 6.45) is 0.215. The van der Waals surface area contributed by atoms with Gasteiger partial charge in [0.25, 0.3) is 0 Å². The van der Waals surface area contributed by atoms with Gasteiger partial charge in [0, 0.05) is 13.1 Å². The van der Waals surface area contributed by atoms with E-state index >= 15 is 0 Å². The molecule has 0 aliphatic carbocycles. The number of hydrogen-bond donors (Lipinski definition) is 1. The first-order chi connectivity index (χ1) is 9.78. The van der Waals surface area contributed by atoms with Gasteiger partial charge < -0.3 is 15.0 Å². The highest BCUT2D eigenvalue weighted by Crippen LogP contribution is 2.18. The zero-order chi connectivity index (χ0) is 13.9. The zero-order valence-corrected chi connectivity index (χ0v) is 11.2. The van der Waals surface area contributed by atoms with Crippen molar-refractivity contribution in [3.05, 3.63) is 35.4 Å². The monoisotopic (exact) mass is 271 g/mol. The van der Waals surface area contributed by atoms with Gasteiger partial charge in [-0.25, -0.2) is 0 Å². The molecule has 2 atom stereocenters. The highest BCUT2D eigenvalue weighted by molar-refractivity contribution is 5.82. The van der Waals surface area contributed by atoms with E-state index in [9.17, 15) is 4.79 Å². The minimum absolute atomic E-state index is 0.0723. The summed E-state index contributed by atoms with van der Waals surface area (Å²) in [4.78, 5) is 14.3. The lowest BCUT2D eigenvalue weighted by atomic mass is 9.95. The predicted molar refractivity (Wildman–Crippen MR) is 72.7 cm³/mol. The van der Waals surface area contributed by atoms with Crippen molar-refractivity contribution in [2.24, 2.45) is 0 Å². The van der Waals surface area contributed by atoms with Crippen molar-refractivity contribution in [3.8, 4) is 6.07 Å². The molecule has 1 aromatic rings. The maximum atomic E-state index is 12.5. The van der Waals surface area contributed by atoms with Gasteiger partial charge in [-0.3, -0.25) is 4.79 Å². The van der Waals surface area contributed by atoms with Crippen molar-refractivity contribution in [2.45, 2.75) is 25.1 Å². The van der Waals surface area contributed by atoms with Crippen LogP contribution in [-0.2, 0) is 22.5 Å². The Labute approximate surface area is 118 Å². The van der Waals surface area contributed by atoms with Crippen LogP contribution in [0.5, 0.6) is 0 Å². The summed E-state index contributed by atoms with van der Waals surface area (Å²) < 4.78 is 5.28. The Hall–Kier alpha value is -1.90. The Morgan fingerprint density at radius 2 is 2.20 bits per heavy atom. The van der Waals surface area contributed by atoms with E-state index in [2.05, 4.69) is 23.5 Å². The third-order valence-corrected chi connectivity index (χ3v) is 3.90. The molecule has 2 unspecified atom stereocenters. The molecule has 0 spiro atoms. The van der Waals surface area contributed by atoms with E-state index in [1.807, 2.05) is 12.1 Å². The molecule has 2 heterocycles. The topological polar surface area (TPSA) is 65.4 Å². The lowest BCUT2D eigenvalue weighted by Crippen LogP contribution is -2.54. The van der Waals surface area contributed by atoms with E-state index in [-0.39, 0.29) is 11.9 Å². The number of nitriles is 1. The van der Waals surface area contributed by atoms with Crippen molar-refractivity contribution in [1.29, 1.82) is 5.26 Å². The normalized spacial score (nSPS) is 25.6. The maximum absolute atomic E-state index is 12.5. The van der Waals surface area contributed by atoms with Crippen molar-refractivity contribution >= 4 is 5.91 Å². The number of carbonyl (C=O) groups is 1. The second-order valence-electron chi connectivity index (χ2n) is 5.18. The van der Waals surface area contributed by atoms with Crippen molar-refractivity contribution in [1.82, 2.24) is 10.2 Å². The van der Waals surface area contributed by atoms with Gasteiger partial charge in [0.15, 0.2) is 6.10 Å². The smallest absolute Gasteiger partial charge is 0.240 e. The molecule has 1 fully saturated rings. The standard InChI is InChI=1S/C15H17N3O2/c16-8-13-10-18(5-6-20-13)15(19)14-7-11-3-1-2-4-12(11)9-17-14/h1-4,13-14,17H,5-7,9-10H2. The Kier molecular flexibility index (Phi) is 3.68. The number of rotatable bonds is 1. The number of ether oxygens (including phenoxy) is 1. The molecule has 0 saturated carbocycles. The molecule has 1 aromatic carbocycles. The summed E-state index contributed by atoms with van der Waals surface area (Å²) >= 11 is 0. The van der Waals surface area contributed by atoms with E-state index in [1.54, 1.807) is 4.90 Å². The summed E-state index contributed by atoms with van der Waals surface area (Å²) in [5.41, 5.74) is 2.49. The number of fused-ring (bicyclic) bond motifs is 1. The lowest BCUT2D eigenvalue weighted by molar-refractivity contribution is -0.139. The first-order valence-electron chi connectivity index (χ1n) is 6.88. The number of amides is 1. The van der Waals surface area contributed by atoms with E-state index < -0.39 is 6.10 Å². The Balaban J connectivity index is 1.68. The average molecular weight is 271 g/mol. The SMILES string of the molecule is N#CC1CN(C(=O)C2Cc3ccccc3CN2)CCO1. The van der Waals surface area contributed by atoms with Crippen molar-refractivity contribution in [2.75, 3.05) is 19.7 Å². The fourth-order valence-corrected chi connectivity index (χ4v) is 2.78. The van der Waals surface area contributed by atoms with E-state index in [0.717, 1.165) is 6.54 Å². The maximum Gasteiger partial charge on any atom is 0.240 e. The number of nitrogens with one attached hydrogen (secondary N) is 1. The van der Waals surface area contributed by atoms with E-state index in [4.69, 9.17) is 10.00 Å². The summed E-state index contributed by atoms with van der Waals surface area (Å²) in [5.74, 6) is 0.0723. The number of carbonyl (C=O) groups excluding carboxylic acids is 1. The van der Waals surface area contributed by atoms with Gasteiger partial charge in [0.2, 0.25) is 5.91 Å². The molecule has 0 radical (unpaired) electrons. The molecule has 2 aliphatic rings. The molecular weight excluding hydrogens is 254 g/mol. The highest BCUT2D eigenvalue weighted by Gasteiger charge is 2.31. The summed E-state index contributed by atoms with van der Waals surface area (Å²) in [6, 6.07) is 10.1. The third-order valence-electron chi connectivity index (χ3n) is 3.90. The predicted octanol–water partition coefficient (Wildman–Crippen LogP) is 0.452. The van der Waals surface area contributed by atoms with Gasteiger partial charge in [0.05, 0.1) is 25.3 Å². The second kappa shape index (κ2) is 5.61. The fraction of sp³-hybridized carbons (Fsp3) is 0.467. The minimum Gasteiger partial charge on any atom is -0.360 e. The first-order valence-corrected chi connectivity index (χ1v) is 6.88. The van der Waals surface area contributed by atoms with Gasteiger partial charge in [-0.15, -0.1) is 0 Å². The van der Waals surface area contributed by atoms with Crippen LogP contribution in [0.1, 0.15) is 11.1 Å². The van der Waals surface area contributed by atoms with Crippen LogP contribution in [0.4, 0.5) is 0 Å². The summed E-state index contributed by atoms with van der Waals surface area (Å²) in [7, 11) is 0. The van der Waals surface area contributed by atoms with E-state index in [1.165, 1.54) is 11.1 Å². The van der Waals surface area contributed by atoms with Crippen LogP contribution in [0.3, 0.4) is 0 Å². The second-order valence-corrected chi connectivity index (χ2v) is 5.18. The molecule has 20 heavy (non-hydrogen) atoms. The van der Waals surface area contributed by atoms with Crippen LogP contribution >= 0.6 is 0 Å². The number of hydrogen-bond acceptors (Lipinski definition) is 4. The Bertz CT molecular complexity index is 552. The summed E-state index contributed by atoms with van der Waals surface area (Å²) in [5, 5.41) is 12.2. The van der Waals surface area contributed by atoms with Crippen LogP contribution in [0, 0.1) is 11.3 Å². The van der Waals surface area contributed by atoms with Crippen molar-refractivity contribution < 1.29 is 9.53 Å². The number of morpholine rings is 1. The first kappa shape index (κ1) is 13.1. The number of benzene rings is 1. The largest absolute Gasteiger partial charge is 0.360 e.